The molecule has 0 atom stereocenters. The van der Waals surface area contributed by atoms with Crippen molar-refractivity contribution in [1.82, 2.24) is 15.5 Å². The van der Waals surface area contributed by atoms with Crippen molar-refractivity contribution in [3.05, 3.63) is 0 Å². The highest BCUT2D eigenvalue weighted by Crippen LogP contribution is 2.35. The fourth-order valence-electron chi connectivity index (χ4n) is 3.52. The maximum atomic E-state index is 12.9. The molecule has 0 bridgehead atoms. The molecule has 2 N–H and O–H groups in total. The van der Waals surface area contributed by atoms with Gasteiger partial charge in [-0.15, -0.1) is 0 Å². The van der Waals surface area contributed by atoms with Gasteiger partial charge in [0.05, 0.1) is 5.41 Å². The highest BCUT2D eigenvalue weighted by Gasteiger charge is 2.41. The van der Waals surface area contributed by atoms with Gasteiger partial charge in [-0.05, 0) is 45.2 Å². The van der Waals surface area contributed by atoms with Crippen LogP contribution in [0.5, 0.6) is 0 Å². The molecule has 0 unspecified atom stereocenters. The Labute approximate surface area is 127 Å². The zero-order valence-electron chi connectivity index (χ0n) is 13.4. The third-order valence-electron chi connectivity index (χ3n) is 5.16. The second kappa shape index (κ2) is 7.25. The number of carbonyl (C=O) groups is 2. The molecule has 0 aliphatic carbocycles. The van der Waals surface area contributed by atoms with E-state index >= 15 is 0 Å². The van der Waals surface area contributed by atoms with Crippen LogP contribution in [-0.2, 0) is 9.59 Å². The fraction of sp³-hybridized carbons (Fsp3) is 0.875. The van der Waals surface area contributed by atoms with Crippen molar-refractivity contribution in [2.75, 3.05) is 26.2 Å². The molecule has 0 aromatic rings. The first-order valence-corrected chi connectivity index (χ1v) is 8.41. The first-order chi connectivity index (χ1) is 10.1. The summed E-state index contributed by atoms with van der Waals surface area (Å²) < 4.78 is 0. The van der Waals surface area contributed by atoms with Crippen LogP contribution in [-0.4, -0.2) is 48.9 Å². The van der Waals surface area contributed by atoms with Crippen LogP contribution in [0.2, 0.25) is 0 Å². The van der Waals surface area contributed by atoms with Gasteiger partial charge in [0, 0.05) is 25.6 Å². The lowest BCUT2D eigenvalue weighted by Crippen LogP contribution is -2.53. The summed E-state index contributed by atoms with van der Waals surface area (Å²) in [6, 6.07) is 0.243. The highest BCUT2D eigenvalue weighted by atomic mass is 16.2. The van der Waals surface area contributed by atoms with Crippen LogP contribution >= 0.6 is 0 Å². The van der Waals surface area contributed by atoms with E-state index in [1.54, 1.807) is 0 Å². The molecule has 2 fully saturated rings. The van der Waals surface area contributed by atoms with Gasteiger partial charge < -0.3 is 15.5 Å². The summed E-state index contributed by atoms with van der Waals surface area (Å²) in [5.41, 5.74) is -0.148. The molecule has 2 rings (SSSR count). The lowest BCUT2D eigenvalue weighted by Gasteiger charge is -2.42. The Morgan fingerprint density at radius 2 is 1.81 bits per heavy atom. The monoisotopic (exact) mass is 295 g/mol. The van der Waals surface area contributed by atoms with Crippen molar-refractivity contribution in [2.24, 2.45) is 5.41 Å². The molecule has 0 spiro atoms. The van der Waals surface area contributed by atoms with Crippen LogP contribution in [0.3, 0.4) is 0 Å². The van der Waals surface area contributed by atoms with E-state index in [9.17, 15) is 9.59 Å². The lowest BCUT2D eigenvalue weighted by molar-refractivity contribution is -0.145. The summed E-state index contributed by atoms with van der Waals surface area (Å²) in [4.78, 5) is 26.4. The largest absolute Gasteiger partial charge is 0.353 e. The van der Waals surface area contributed by atoms with E-state index in [0.29, 0.717) is 12.3 Å². The van der Waals surface area contributed by atoms with Crippen LogP contribution in [0.1, 0.15) is 52.4 Å². The maximum Gasteiger partial charge on any atom is 0.228 e. The Morgan fingerprint density at radius 1 is 1.19 bits per heavy atom. The van der Waals surface area contributed by atoms with E-state index < -0.39 is 0 Å². The van der Waals surface area contributed by atoms with Crippen LogP contribution in [0.4, 0.5) is 0 Å². The minimum atomic E-state index is -0.148. The molecule has 0 aromatic heterocycles. The number of amides is 2. The molecule has 5 heteroatoms. The third-order valence-corrected chi connectivity index (χ3v) is 5.16. The highest BCUT2D eigenvalue weighted by molar-refractivity contribution is 5.83. The van der Waals surface area contributed by atoms with E-state index in [0.717, 1.165) is 58.3 Å². The zero-order valence-corrected chi connectivity index (χ0v) is 13.4. The van der Waals surface area contributed by atoms with Crippen LogP contribution in [0.15, 0.2) is 0 Å². The Kier molecular flexibility index (Phi) is 5.62. The molecule has 5 nitrogen and oxygen atoms in total. The van der Waals surface area contributed by atoms with Crippen LogP contribution in [0.25, 0.3) is 0 Å². The van der Waals surface area contributed by atoms with Crippen LogP contribution < -0.4 is 10.6 Å². The van der Waals surface area contributed by atoms with E-state index in [2.05, 4.69) is 17.6 Å². The summed E-state index contributed by atoms with van der Waals surface area (Å²) in [5, 5.41) is 6.39. The molecule has 120 valence electrons. The van der Waals surface area contributed by atoms with Gasteiger partial charge in [-0.1, -0.05) is 13.8 Å². The number of piperidine rings is 2. The minimum absolute atomic E-state index is 0.114. The van der Waals surface area contributed by atoms with E-state index in [1.807, 2.05) is 11.8 Å². The predicted octanol–water partition coefficient (Wildman–Crippen LogP) is 1.28. The number of hydrogen-bond acceptors (Lipinski definition) is 3. The van der Waals surface area contributed by atoms with E-state index in [4.69, 9.17) is 0 Å². The molecular weight excluding hydrogens is 266 g/mol. The number of rotatable bonds is 4. The first-order valence-electron chi connectivity index (χ1n) is 8.41. The number of likely N-dealkylation sites (tertiary alicyclic amines) is 1. The van der Waals surface area contributed by atoms with Gasteiger partial charge in [0.1, 0.15) is 0 Å². The van der Waals surface area contributed by atoms with E-state index in [-0.39, 0.29) is 17.4 Å². The average Bonchev–Trinajstić information content (AvgIpc) is 2.55. The van der Waals surface area contributed by atoms with Crippen molar-refractivity contribution in [3.63, 3.8) is 0 Å². The fourth-order valence-corrected chi connectivity index (χ4v) is 3.52. The minimum Gasteiger partial charge on any atom is -0.353 e. The number of hydrogen-bond donors (Lipinski definition) is 2. The summed E-state index contributed by atoms with van der Waals surface area (Å²) in [5.74, 6) is 0.454. The molecule has 2 amide bonds. The van der Waals surface area contributed by atoms with Crippen LogP contribution in [0, 0.1) is 5.41 Å². The third kappa shape index (κ3) is 3.76. The van der Waals surface area contributed by atoms with Gasteiger partial charge in [0.2, 0.25) is 11.8 Å². The number of carbonyl (C=O) groups excluding carboxylic acids is 2. The lowest BCUT2D eigenvalue weighted by atomic mass is 9.75. The molecule has 2 heterocycles. The summed E-state index contributed by atoms with van der Waals surface area (Å²) in [6.45, 7) is 7.46. The van der Waals surface area contributed by atoms with Gasteiger partial charge in [-0.3, -0.25) is 9.59 Å². The molecule has 21 heavy (non-hydrogen) atoms. The smallest absolute Gasteiger partial charge is 0.228 e. The molecule has 0 radical (unpaired) electrons. The van der Waals surface area contributed by atoms with Gasteiger partial charge in [0.15, 0.2) is 0 Å². The first kappa shape index (κ1) is 16.3. The van der Waals surface area contributed by atoms with Gasteiger partial charge in [-0.25, -0.2) is 0 Å². The van der Waals surface area contributed by atoms with Gasteiger partial charge in [0.25, 0.3) is 0 Å². The van der Waals surface area contributed by atoms with Gasteiger partial charge in [-0.2, -0.15) is 0 Å². The summed E-state index contributed by atoms with van der Waals surface area (Å²) in [7, 11) is 0. The molecular formula is C16H29N3O2. The van der Waals surface area contributed by atoms with Crippen molar-refractivity contribution in [2.45, 2.75) is 58.4 Å². The van der Waals surface area contributed by atoms with Gasteiger partial charge >= 0.3 is 0 Å². The maximum absolute atomic E-state index is 12.9. The summed E-state index contributed by atoms with van der Waals surface area (Å²) >= 11 is 0. The summed E-state index contributed by atoms with van der Waals surface area (Å²) in [6.07, 6.45) is 5.14. The Bertz CT molecular complexity index is 370. The van der Waals surface area contributed by atoms with Crippen molar-refractivity contribution in [1.29, 1.82) is 0 Å². The number of nitrogens with zero attached hydrogens (tertiary/aromatic N) is 1. The molecule has 2 aliphatic rings. The van der Waals surface area contributed by atoms with Crippen molar-refractivity contribution in [3.8, 4) is 0 Å². The molecule has 0 aromatic carbocycles. The quantitative estimate of drug-likeness (QED) is 0.821. The predicted molar refractivity (Wildman–Crippen MR) is 82.9 cm³/mol. The number of nitrogens with one attached hydrogen (secondary N) is 2. The zero-order chi connectivity index (χ0) is 15.3. The van der Waals surface area contributed by atoms with Crippen molar-refractivity contribution < 1.29 is 9.59 Å². The van der Waals surface area contributed by atoms with E-state index in [1.165, 1.54) is 0 Å². The molecule has 2 saturated heterocycles. The average molecular weight is 295 g/mol. The van der Waals surface area contributed by atoms with Crippen molar-refractivity contribution >= 4 is 11.8 Å². The second-order valence-electron chi connectivity index (χ2n) is 6.37. The topological polar surface area (TPSA) is 61.4 Å². The molecule has 2 aliphatic heterocycles. The Balaban J connectivity index is 1.88. The normalized spacial score (nSPS) is 22.9. The second-order valence-corrected chi connectivity index (χ2v) is 6.37. The standard InChI is InChI=1S/C16H29N3O2/c1-3-14(20)18-13-5-11-19(12-6-13)15(21)16(4-2)7-9-17-10-8-16/h13,17H,3-12H2,1-2H3,(H,18,20). The Hall–Kier alpha value is -1.10. The SMILES string of the molecule is CCC(=O)NC1CCN(C(=O)C2(CC)CCNCC2)CC1. The molecule has 0 saturated carbocycles. The Morgan fingerprint density at radius 3 is 2.33 bits per heavy atom.